The largest absolute Gasteiger partial charge is 0.507 e. The third kappa shape index (κ3) is 5.15. The highest BCUT2D eigenvalue weighted by molar-refractivity contribution is 7.99. The van der Waals surface area contributed by atoms with Crippen LogP contribution in [0.2, 0.25) is 0 Å². The Morgan fingerprint density at radius 2 is 1.56 bits per heavy atom. The van der Waals surface area contributed by atoms with E-state index in [4.69, 9.17) is 0 Å². The maximum atomic E-state index is 10.1. The second-order valence-electron chi connectivity index (χ2n) is 5.14. The van der Waals surface area contributed by atoms with Gasteiger partial charge in [0.15, 0.2) is 0 Å². The summed E-state index contributed by atoms with van der Waals surface area (Å²) >= 11 is 3.82. The Labute approximate surface area is 120 Å². The number of phenols is 1. The fraction of sp³-hybridized carbons (Fsp3) is 0.600. The molecule has 102 valence electrons. The van der Waals surface area contributed by atoms with Crippen molar-refractivity contribution in [3.05, 3.63) is 28.8 Å². The van der Waals surface area contributed by atoms with Crippen molar-refractivity contribution >= 4 is 23.5 Å². The summed E-state index contributed by atoms with van der Waals surface area (Å²) in [6.45, 7) is 10.8. The van der Waals surface area contributed by atoms with Gasteiger partial charge in [-0.1, -0.05) is 39.8 Å². The fourth-order valence-electron chi connectivity index (χ4n) is 1.65. The van der Waals surface area contributed by atoms with Crippen LogP contribution in [-0.2, 0) is 11.5 Å². The summed E-state index contributed by atoms with van der Waals surface area (Å²) in [5.74, 6) is 2.39. The van der Waals surface area contributed by atoms with Crippen LogP contribution in [0, 0.1) is 6.92 Å². The first-order valence-electron chi connectivity index (χ1n) is 6.44. The lowest BCUT2D eigenvalue weighted by molar-refractivity contribution is 0.466. The summed E-state index contributed by atoms with van der Waals surface area (Å²) < 4.78 is 0. The maximum Gasteiger partial charge on any atom is 0.122 e. The van der Waals surface area contributed by atoms with E-state index in [1.807, 2.05) is 30.4 Å². The molecule has 0 aromatic heterocycles. The normalized spacial score (nSPS) is 11.5. The Kier molecular flexibility index (Phi) is 6.44. The van der Waals surface area contributed by atoms with Gasteiger partial charge in [-0.2, -0.15) is 23.5 Å². The van der Waals surface area contributed by atoms with E-state index in [1.54, 1.807) is 0 Å². The van der Waals surface area contributed by atoms with E-state index in [0.29, 0.717) is 16.2 Å². The number of aromatic hydroxyl groups is 1. The quantitative estimate of drug-likeness (QED) is 0.795. The van der Waals surface area contributed by atoms with Crippen molar-refractivity contribution in [2.45, 2.75) is 56.6 Å². The summed E-state index contributed by atoms with van der Waals surface area (Å²) in [6.07, 6.45) is 0. The molecule has 1 nitrogen and oxygen atoms in total. The first-order valence-corrected chi connectivity index (χ1v) is 8.54. The molecule has 1 N–H and O–H groups in total. The van der Waals surface area contributed by atoms with Gasteiger partial charge in [-0.25, -0.2) is 0 Å². The molecule has 0 radical (unpaired) electrons. The highest BCUT2D eigenvalue weighted by atomic mass is 32.2. The SMILES string of the molecule is Cc1cc(CSC(C)C)cc(CSC(C)C)c1O. The fourth-order valence-corrected chi connectivity index (χ4v) is 3.07. The van der Waals surface area contributed by atoms with Crippen molar-refractivity contribution in [1.82, 2.24) is 0 Å². The minimum atomic E-state index is 0.474. The molecule has 0 aliphatic carbocycles. The van der Waals surface area contributed by atoms with E-state index < -0.39 is 0 Å². The van der Waals surface area contributed by atoms with Crippen molar-refractivity contribution in [1.29, 1.82) is 0 Å². The first kappa shape index (κ1) is 15.8. The number of thioether (sulfide) groups is 2. The molecule has 0 saturated carbocycles. The van der Waals surface area contributed by atoms with Gasteiger partial charge in [0.1, 0.15) is 5.75 Å². The van der Waals surface area contributed by atoms with Gasteiger partial charge in [0.05, 0.1) is 0 Å². The number of rotatable bonds is 6. The molecule has 0 saturated heterocycles. The van der Waals surface area contributed by atoms with E-state index >= 15 is 0 Å². The Bertz CT molecular complexity index is 386. The van der Waals surface area contributed by atoms with Crippen molar-refractivity contribution in [3.63, 3.8) is 0 Å². The molecular weight excluding hydrogens is 260 g/mol. The lowest BCUT2D eigenvalue weighted by Gasteiger charge is -2.12. The number of hydrogen-bond donors (Lipinski definition) is 1. The van der Waals surface area contributed by atoms with Gasteiger partial charge < -0.3 is 5.11 Å². The van der Waals surface area contributed by atoms with Gasteiger partial charge in [-0.05, 0) is 28.6 Å². The molecule has 18 heavy (non-hydrogen) atoms. The maximum absolute atomic E-state index is 10.1. The molecule has 0 aliphatic heterocycles. The molecule has 0 amide bonds. The Morgan fingerprint density at radius 3 is 2.11 bits per heavy atom. The number of phenolic OH excluding ortho intramolecular Hbond substituents is 1. The minimum absolute atomic E-state index is 0.474. The third-order valence-corrected chi connectivity index (χ3v) is 4.91. The molecule has 1 rings (SSSR count). The first-order chi connectivity index (χ1) is 8.40. The number of hydrogen-bond acceptors (Lipinski definition) is 3. The predicted octanol–water partition coefficient (Wildman–Crippen LogP) is 4.98. The van der Waals surface area contributed by atoms with Gasteiger partial charge in [0.25, 0.3) is 0 Å². The monoisotopic (exact) mass is 284 g/mol. The Balaban J connectivity index is 2.81. The Hall–Kier alpha value is -0.280. The highest BCUT2D eigenvalue weighted by Crippen LogP contribution is 2.30. The second-order valence-corrected chi connectivity index (χ2v) is 8.27. The van der Waals surface area contributed by atoms with Crippen LogP contribution < -0.4 is 0 Å². The number of aryl methyl sites for hydroxylation is 1. The van der Waals surface area contributed by atoms with Crippen LogP contribution in [0.3, 0.4) is 0 Å². The lowest BCUT2D eigenvalue weighted by atomic mass is 10.1. The van der Waals surface area contributed by atoms with Gasteiger partial charge in [-0.3, -0.25) is 0 Å². The number of benzene rings is 1. The average molecular weight is 284 g/mol. The molecule has 0 unspecified atom stereocenters. The van der Waals surface area contributed by atoms with Gasteiger partial charge in [0, 0.05) is 17.1 Å². The molecule has 0 heterocycles. The molecule has 3 heteroatoms. The van der Waals surface area contributed by atoms with Crippen LogP contribution in [0.1, 0.15) is 44.4 Å². The van der Waals surface area contributed by atoms with Crippen LogP contribution in [0.15, 0.2) is 12.1 Å². The van der Waals surface area contributed by atoms with E-state index in [0.717, 1.165) is 22.6 Å². The molecule has 1 aromatic rings. The van der Waals surface area contributed by atoms with Gasteiger partial charge in [0.2, 0.25) is 0 Å². The minimum Gasteiger partial charge on any atom is -0.507 e. The molecule has 1 aromatic carbocycles. The Morgan fingerprint density at radius 1 is 1.00 bits per heavy atom. The molecule has 0 spiro atoms. The summed E-state index contributed by atoms with van der Waals surface area (Å²) in [5.41, 5.74) is 3.40. The van der Waals surface area contributed by atoms with E-state index in [9.17, 15) is 5.11 Å². The van der Waals surface area contributed by atoms with Crippen molar-refractivity contribution in [2.75, 3.05) is 0 Å². The lowest BCUT2D eigenvalue weighted by Crippen LogP contribution is -1.95. The summed E-state index contributed by atoms with van der Waals surface area (Å²) in [5, 5.41) is 11.3. The van der Waals surface area contributed by atoms with Crippen molar-refractivity contribution in [3.8, 4) is 5.75 Å². The van der Waals surface area contributed by atoms with E-state index in [2.05, 4.69) is 39.8 Å². The van der Waals surface area contributed by atoms with Crippen molar-refractivity contribution < 1.29 is 5.11 Å². The third-order valence-electron chi connectivity index (χ3n) is 2.59. The smallest absolute Gasteiger partial charge is 0.122 e. The second kappa shape index (κ2) is 7.34. The van der Waals surface area contributed by atoms with Crippen molar-refractivity contribution in [2.24, 2.45) is 0 Å². The van der Waals surface area contributed by atoms with Crippen LogP contribution >= 0.6 is 23.5 Å². The predicted molar refractivity (Wildman–Crippen MR) is 85.7 cm³/mol. The summed E-state index contributed by atoms with van der Waals surface area (Å²) in [7, 11) is 0. The zero-order chi connectivity index (χ0) is 13.7. The van der Waals surface area contributed by atoms with E-state index in [1.165, 1.54) is 5.56 Å². The zero-order valence-electron chi connectivity index (χ0n) is 12.0. The highest BCUT2D eigenvalue weighted by Gasteiger charge is 2.09. The van der Waals surface area contributed by atoms with Crippen LogP contribution in [0.5, 0.6) is 5.75 Å². The molecule has 0 atom stereocenters. The van der Waals surface area contributed by atoms with Gasteiger partial charge >= 0.3 is 0 Å². The average Bonchev–Trinajstić information content (AvgIpc) is 2.28. The summed E-state index contributed by atoms with van der Waals surface area (Å²) in [4.78, 5) is 0. The molecule has 0 fully saturated rings. The molecular formula is C15H24OS2. The topological polar surface area (TPSA) is 20.2 Å². The van der Waals surface area contributed by atoms with Gasteiger partial charge in [-0.15, -0.1) is 0 Å². The van der Waals surface area contributed by atoms with E-state index in [-0.39, 0.29) is 0 Å². The van der Waals surface area contributed by atoms with Crippen LogP contribution in [0.4, 0.5) is 0 Å². The summed E-state index contributed by atoms with van der Waals surface area (Å²) in [6, 6.07) is 4.27. The standard InChI is InChI=1S/C15H24OS2/c1-10(2)17-8-13-6-12(5)15(16)14(7-13)9-18-11(3)4/h6-7,10-11,16H,8-9H2,1-5H3. The zero-order valence-corrected chi connectivity index (χ0v) is 13.6. The molecule has 0 bridgehead atoms. The van der Waals surface area contributed by atoms with Crippen LogP contribution in [-0.4, -0.2) is 15.6 Å². The van der Waals surface area contributed by atoms with Crippen LogP contribution in [0.25, 0.3) is 0 Å². The molecule has 0 aliphatic rings.